The maximum Gasteiger partial charge on any atom is 0.224 e. The predicted octanol–water partition coefficient (Wildman–Crippen LogP) is 0.825. The first-order valence-corrected chi connectivity index (χ1v) is 8.04. The summed E-state index contributed by atoms with van der Waals surface area (Å²) in [6.07, 6.45) is 5.17. The molecule has 1 amide bonds. The van der Waals surface area contributed by atoms with Crippen LogP contribution in [0.2, 0.25) is 0 Å². The molecule has 3 saturated heterocycles. The fourth-order valence-corrected chi connectivity index (χ4v) is 3.94. The Kier molecular flexibility index (Phi) is 4.39. The number of carbonyl (C=O) groups excluding carboxylic acids is 1. The van der Waals surface area contributed by atoms with Crippen molar-refractivity contribution >= 4 is 5.91 Å². The smallest absolute Gasteiger partial charge is 0.224 e. The number of piperidine rings is 3. The van der Waals surface area contributed by atoms with Crippen LogP contribution >= 0.6 is 0 Å². The molecule has 21 heavy (non-hydrogen) atoms. The number of quaternary nitrogens is 1. The number of nitrogens with one attached hydrogen (secondary N) is 2. The Bertz CT molecular complexity index is 499. The Morgan fingerprint density at radius 3 is 2.86 bits per heavy atom. The zero-order valence-corrected chi connectivity index (χ0v) is 12.6. The van der Waals surface area contributed by atoms with E-state index >= 15 is 0 Å². The van der Waals surface area contributed by atoms with Gasteiger partial charge in [0.2, 0.25) is 5.91 Å². The SMILES string of the molecule is C=C[C@H]1C[NH+]2CC[C@H]1C[C@@H]2CNC(=O)Cc1ccccc1. The van der Waals surface area contributed by atoms with Crippen LogP contribution in [0.25, 0.3) is 0 Å². The quantitative estimate of drug-likeness (QED) is 0.772. The van der Waals surface area contributed by atoms with Crippen molar-refractivity contribution in [1.29, 1.82) is 0 Å². The van der Waals surface area contributed by atoms with Gasteiger partial charge in [-0.3, -0.25) is 4.79 Å². The van der Waals surface area contributed by atoms with Gasteiger partial charge in [-0.05, 0) is 11.5 Å². The van der Waals surface area contributed by atoms with Crippen molar-refractivity contribution in [1.82, 2.24) is 5.32 Å². The Labute approximate surface area is 127 Å². The topological polar surface area (TPSA) is 33.5 Å². The average molecular weight is 285 g/mol. The second kappa shape index (κ2) is 6.44. The lowest BCUT2D eigenvalue weighted by molar-refractivity contribution is -0.944. The minimum absolute atomic E-state index is 0.142. The molecule has 1 aromatic rings. The van der Waals surface area contributed by atoms with Gasteiger partial charge >= 0.3 is 0 Å². The van der Waals surface area contributed by atoms with E-state index in [9.17, 15) is 4.79 Å². The summed E-state index contributed by atoms with van der Waals surface area (Å²) in [5, 5.41) is 3.13. The van der Waals surface area contributed by atoms with Crippen LogP contribution in [0.5, 0.6) is 0 Å². The van der Waals surface area contributed by atoms with Crippen molar-refractivity contribution in [3.8, 4) is 0 Å². The van der Waals surface area contributed by atoms with Gasteiger partial charge in [-0.15, -0.1) is 6.58 Å². The zero-order valence-electron chi connectivity index (χ0n) is 12.6. The van der Waals surface area contributed by atoms with E-state index in [4.69, 9.17) is 0 Å². The van der Waals surface area contributed by atoms with Crippen LogP contribution in [0.4, 0.5) is 0 Å². The van der Waals surface area contributed by atoms with Gasteiger partial charge in [-0.25, -0.2) is 0 Å². The van der Waals surface area contributed by atoms with Crippen LogP contribution in [0, 0.1) is 11.8 Å². The number of fused-ring (bicyclic) bond motifs is 3. The highest BCUT2D eigenvalue weighted by Gasteiger charge is 2.42. The molecule has 0 spiro atoms. The van der Waals surface area contributed by atoms with Gasteiger partial charge < -0.3 is 10.2 Å². The minimum Gasteiger partial charge on any atom is -0.350 e. The Morgan fingerprint density at radius 2 is 2.19 bits per heavy atom. The molecule has 4 rings (SSSR count). The molecule has 3 aliphatic rings. The van der Waals surface area contributed by atoms with Crippen LogP contribution in [-0.4, -0.2) is 31.6 Å². The summed E-state index contributed by atoms with van der Waals surface area (Å²) in [7, 11) is 0. The normalized spacial score (nSPS) is 30.9. The molecule has 1 aromatic carbocycles. The second-order valence-corrected chi connectivity index (χ2v) is 6.46. The highest BCUT2D eigenvalue weighted by molar-refractivity contribution is 5.78. The molecule has 4 atom stereocenters. The van der Waals surface area contributed by atoms with Gasteiger partial charge in [0.1, 0.15) is 6.04 Å². The highest BCUT2D eigenvalue weighted by Crippen LogP contribution is 2.27. The first-order valence-electron chi connectivity index (χ1n) is 8.04. The van der Waals surface area contributed by atoms with E-state index in [-0.39, 0.29) is 5.91 Å². The fraction of sp³-hybridized carbons (Fsp3) is 0.500. The average Bonchev–Trinajstić information content (AvgIpc) is 2.54. The second-order valence-electron chi connectivity index (χ2n) is 6.46. The van der Waals surface area contributed by atoms with Crippen LogP contribution in [0.1, 0.15) is 18.4 Å². The standard InChI is InChI=1S/C18H24N2O/c1-2-15-13-20-9-8-16(15)11-17(20)12-19-18(21)10-14-6-4-3-5-7-14/h2-7,15-17H,1,8-13H2,(H,19,21)/p+1/t15-,16-,17+/m0/s1. The van der Waals surface area contributed by atoms with E-state index in [1.54, 1.807) is 4.90 Å². The summed E-state index contributed by atoms with van der Waals surface area (Å²) in [5.74, 6) is 1.62. The van der Waals surface area contributed by atoms with Crippen molar-refractivity contribution in [2.45, 2.75) is 25.3 Å². The van der Waals surface area contributed by atoms with E-state index < -0.39 is 0 Å². The van der Waals surface area contributed by atoms with Crippen LogP contribution in [0.15, 0.2) is 43.0 Å². The van der Waals surface area contributed by atoms with Crippen molar-refractivity contribution < 1.29 is 9.69 Å². The first kappa shape index (κ1) is 14.3. The largest absolute Gasteiger partial charge is 0.350 e. The third kappa shape index (κ3) is 3.35. The maximum atomic E-state index is 12.0. The summed E-state index contributed by atoms with van der Waals surface area (Å²) in [4.78, 5) is 13.7. The molecule has 0 aromatic heterocycles. The molecule has 3 nitrogen and oxygen atoms in total. The third-order valence-corrected chi connectivity index (χ3v) is 5.16. The Hall–Kier alpha value is -1.61. The number of benzene rings is 1. The summed E-state index contributed by atoms with van der Waals surface area (Å²) < 4.78 is 0. The van der Waals surface area contributed by atoms with E-state index in [0.29, 0.717) is 18.4 Å². The van der Waals surface area contributed by atoms with E-state index in [2.05, 4.69) is 18.0 Å². The number of carbonyl (C=O) groups is 1. The Balaban J connectivity index is 1.48. The van der Waals surface area contributed by atoms with Gasteiger partial charge in [-0.1, -0.05) is 36.4 Å². The number of hydrogen-bond donors (Lipinski definition) is 2. The van der Waals surface area contributed by atoms with Gasteiger partial charge in [0.05, 0.1) is 26.1 Å². The number of rotatable bonds is 5. The number of hydrogen-bond acceptors (Lipinski definition) is 1. The van der Waals surface area contributed by atoms with Crippen LogP contribution in [-0.2, 0) is 11.2 Å². The first-order chi connectivity index (χ1) is 10.3. The van der Waals surface area contributed by atoms with Crippen molar-refractivity contribution in [2.24, 2.45) is 11.8 Å². The monoisotopic (exact) mass is 285 g/mol. The van der Waals surface area contributed by atoms with Crippen LogP contribution < -0.4 is 10.2 Å². The van der Waals surface area contributed by atoms with Gasteiger partial charge in [0.25, 0.3) is 0 Å². The zero-order chi connectivity index (χ0) is 14.7. The molecule has 2 N–H and O–H groups in total. The Morgan fingerprint density at radius 1 is 1.38 bits per heavy atom. The predicted molar refractivity (Wildman–Crippen MR) is 84.1 cm³/mol. The molecule has 3 heterocycles. The van der Waals surface area contributed by atoms with E-state index in [0.717, 1.165) is 18.0 Å². The van der Waals surface area contributed by atoms with Crippen LogP contribution in [0.3, 0.4) is 0 Å². The maximum absolute atomic E-state index is 12.0. The molecular weight excluding hydrogens is 260 g/mol. The number of amides is 1. The fourth-order valence-electron chi connectivity index (χ4n) is 3.94. The highest BCUT2D eigenvalue weighted by atomic mass is 16.1. The van der Waals surface area contributed by atoms with E-state index in [1.807, 2.05) is 30.3 Å². The molecule has 2 bridgehead atoms. The van der Waals surface area contributed by atoms with E-state index in [1.165, 1.54) is 25.9 Å². The molecular formula is C18H25N2O+. The summed E-state index contributed by atoms with van der Waals surface area (Å²) in [5.41, 5.74) is 1.08. The van der Waals surface area contributed by atoms with Gasteiger partial charge in [-0.2, -0.15) is 0 Å². The molecule has 3 fully saturated rings. The lowest BCUT2D eigenvalue weighted by atomic mass is 9.75. The van der Waals surface area contributed by atoms with Crippen molar-refractivity contribution in [3.63, 3.8) is 0 Å². The summed E-state index contributed by atoms with van der Waals surface area (Å²) >= 11 is 0. The van der Waals surface area contributed by atoms with Gasteiger partial charge in [0, 0.05) is 18.8 Å². The molecule has 3 aliphatic heterocycles. The molecule has 0 saturated carbocycles. The van der Waals surface area contributed by atoms with Crippen molar-refractivity contribution in [2.75, 3.05) is 19.6 Å². The summed E-state index contributed by atoms with van der Waals surface area (Å²) in [6.45, 7) is 7.25. The van der Waals surface area contributed by atoms with Gasteiger partial charge in [0.15, 0.2) is 0 Å². The molecule has 3 heteroatoms. The third-order valence-electron chi connectivity index (χ3n) is 5.16. The molecule has 1 unspecified atom stereocenters. The lowest BCUT2D eigenvalue weighted by Crippen LogP contribution is -3.20. The molecule has 112 valence electrons. The molecule has 0 radical (unpaired) electrons. The lowest BCUT2D eigenvalue weighted by Gasteiger charge is -2.46. The van der Waals surface area contributed by atoms with Crippen molar-refractivity contribution in [3.05, 3.63) is 48.6 Å². The molecule has 0 aliphatic carbocycles. The summed E-state index contributed by atoms with van der Waals surface area (Å²) in [6, 6.07) is 10.5. The minimum atomic E-state index is 0.142.